The van der Waals surface area contributed by atoms with Crippen LogP contribution in [-0.2, 0) is 0 Å². The van der Waals surface area contributed by atoms with Gasteiger partial charge in [-0.1, -0.05) is 32.1 Å². The minimum atomic E-state index is 0.841. The van der Waals surface area contributed by atoms with E-state index in [1.807, 2.05) is 0 Å². The van der Waals surface area contributed by atoms with Crippen LogP contribution < -0.4 is 5.43 Å². The van der Waals surface area contributed by atoms with Crippen molar-refractivity contribution in [2.24, 2.45) is 0 Å². The molecule has 0 amide bonds. The first-order valence-electron chi connectivity index (χ1n) is 6.05. The van der Waals surface area contributed by atoms with Crippen LogP contribution in [0.3, 0.4) is 0 Å². The van der Waals surface area contributed by atoms with E-state index in [0.29, 0.717) is 0 Å². The summed E-state index contributed by atoms with van der Waals surface area (Å²) in [5, 5.41) is 2.19. The summed E-state index contributed by atoms with van der Waals surface area (Å²) in [6.07, 6.45) is 10.1. The first-order chi connectivity index (χ1) is 6.86. The Kier molecular flexibility index (Phi) is 3.79. The van der Waals surface area contributed by atoms with E-state index in [1.54, 1.807) is 0 Å². The van der Waals surface area contributed by atoms with E-state index in [0.717, 1.165) is 19.4 Å². The number of hydrazine groups is 1. The van der Waals surface area contributed by atoms with Crippen LogP contribution in [0.25, 0.3) is 0 Å². The summed E-state index contributed by atoms with van der Waals surface area (Å²) in [4.78, 5) is 2.59. The quantitative estimate of drug-likeness (QED) is 0.691. The SMILES string of the molecule is CN1CN(C2CCCCCCC2)CN1. The lowest BCUT2D eigenvalue weighted by molar-refractivity contribution is 0.175. The maximum absolute atomic E-state index is 3.36. The van der Waals surface area contributed by atoms with Crippen LogP contribution >= 0.6 is 0 Å². The first-order valence-corrected chi connectivity index (χ1v) is 6.05. The Balaban J connectivity index is 1.81. The molecule has 3 nitrogen and oxygen atoms in total. The highest BCUT2D eigenvalue weighted by molar-refractivity contribution is 4.75. The second-order valence-electron chi connectivity index (χ2n) is 4.74. The van der Waals surface area contributed by atoms with Gasteiger partial charge in [-0.15, -0.1) is 0 Å². The molecular formula is C11H23N3. The van der Waals surface area contributed by atoms with Crippen LogP contribution in [0, 0.1) is 0 Å². The van der Waals surface area contributed by atoms with E-state index in [4.69, 9.17) is 0 Å². The molecule has 0 unspecified atom stereocenters. The minimum Gasteiger partial charge on any atom is -0.272 e. The summed E-state index contributed by atoms with van der Waals surface area (Å²) in [6.45, 7) is 2.16. The van der Waals surface area contributed by atoms with Gasteiger partial charge in [-0.25, -0.2) is 10.4 Å². The monoisotopic (exact) mass is 197 g/mol. The molecule has 0 bridgehead atoms. The summed E-state index contributed by atoms with van der Waals surface area (Å²) >= 11 is 0. The maximum atomic E-state index is 3.36. The zero-order chi connectivity index (χ0) is 9.80. The molecule has 0 atom stereocenters. The van der Waals surface area contributed by atoms with Crippen molar-refractivity contribution in [3.8, 4) is 0 Å². The van der Waals surface area contributed by atoms with Crippen molar-refractivity contribution in [1.82, 2.24) is 15.3 Å². The molecular weight excluding hydrogens is 174 g/mol. The highest BCUT2D eigenvalue weighted by Crippen LogP contribution is 2.22. The van der Waals surface area contributed by atoms with E-state index < -0.39 is 0 Å². The van der Waals surface area contributed by atoms with Crippen molar-refractivity contribution < 1.29 is 0 Å². The topological polar surface area (TPSA) is 18.5 Å². The van der Waals surface area contributed by atoms with Gasteiger partial charge in [0.15, 0.2) is 0 Å². The molecule has 1 aliphatic heterocycles. The second-order valence-corrected chi connectivity index (χ2v) is 4.74. The molecule has 1 saturated heterocycles. The van der Waals surface area contributed by atoms with E-state index in [1.165, 1.54) is 44.9 Å². The number of hydrogen-bond donors (Lipinski definition) is 1. The molecule has 3 heteroatoms. The smallest absolute Gasteiger partial charge is 0.0657 e. The molecule has 2 fully saturated rings. The molecule has 1 heterocycles. The lowest BCUT2D eigenvalue weighted by Crippen LogP contribution is -2.35. The lowest BCUT2D eigenvalue weighted by atomic mass is 9.96. The predicted octanol–water partition coefficient (Wildman–Crippen LogP) is 1.77. The lowest BCUT2D eigenvalue weighted by Gasteiger charge is -2.28. The van der Waals surface area contributed by atoms with Gasteiger partial charge in [0.05, 0.1) is 13.3 Å². The van der Waals surface area contributed by atoms with Crippen molar-refractivity contribution in [1.29, 1.82) is 0 Å². The molecule has 14 heavy (non-hydrogen) atoms. The average Bonchev–Trinajstić information content (AvgIpc) is 2.51. The Morgan fingerprint density at radius 3 is 2.21 bits per heavy atom. The Bertz CT molecular complexity index is 164. The molecule has 0 spiro atoms. The van der Waals surface area contributed by atoms with Gasteiger partial charge in [-0.3, -0.25) is 4.90 Å². The molecule has 2 aliphatic rings. The molecule has 2 rings (SSSR count). The zero-order valence-corrected chi connectivity index (χ0v) is 9.34. The van der Waals surface area contributed by atoms with Crippen LogP contribution in [0.15, 0.2) is 0 Å². The van der Waals surface area contributed by atoms with Crippen molar-refractivity contribution in [3.63, 3.8) is 0 Å². The Morgan fingerprint density at radius 2 is 1.64 bits per heavy atom. The number of hydrogen-bond acceptors (Lipinski definition) is 3. The summed E-state index contributed by atoms with van der Waals surface area (Å²) in [7, 11) is 2.13. The van der Waals surface area contributed by atoms with Gasteiger partial charge < -0.3 is 0 Å². The van der Waals surface area contributed by atoms with Crippen molar-refractivity contribution in [2.75, 3.05) is 20.4 Å². The molecule has 0 radical (unpaired) electrons. The Morgan fingerprint density at radius 1 is 1.00 bits per heavy atom. The van der Waals surface area contributed by atoms with E-state index in [2.05, 4.69) is 22.4 Å². The van der Waals surface area contributed by atoms with Gasteiger partial charge in [0, 0.05) is 13.1 Å². The van der Waals surface area contributed by atoms with Crippen LogP contribution in [0.4, 0.5) is 0 Å². The van der Waals surface area contributed by atoms with Gasteiger partial charge in [0.25, 0.3) is 0 Å². The average molecular weight is 197 g/mol. The second kappa shape index (κ2) is 5.10. The molecule has 1 aliphatic carbocycles. The van der Waals surface area contributed by atoms with E-state index in [-0.39, 0.29) is 0 Å². The van der Waals surface area contributed by atoms with Gasteiger partial charge in [-0.05, 0) is 12.8 Å². The Hall–Kier alpha value is -0.120. The third kappa shape index (κ3) is 2.69. The first kappa shape index (κ1) is 10.4. The van der Waals surface area contributed by atoms with Crippen molar-refractivity contribution >= 4 is 0 Å². The van der Waals surface area contributed by atoms with Gasteiger partial charge in [0.1, 0.15) is 0 Å². The third-order valence-electron chi connectivity index (χ3n) is 3.53. The van der Waals surface area contributed by atoms with Crippen molar-refractivity contribution in [3.05, 3.63) is 0 Å². The molecule has 0 aromatic heterocycles. The summed E-state index contributed by atoms with van der Waals surface area (Å²) < 4.78 is 0. The van der Waals surface area contributed by atoms with Gasteiger partial charge >= 0.3 is 0 Å². The summed E-state index contributed by atoms with van der Waals surface area (Å²) in [5.74, 6) is 0. The van der Waals surface area contributed by atoms with Crippen LogP contribution in [-0.4, -0.2) is 36.3 Å². The molecule has 82 valence electrons. The zero-order valence-electron chi connectivity index (χ0n) is 9.34. The standard InChI is InChI=1S/C11H23N3/c1-13-10-14(9-12-13)11-7-5-3-2-4-6-8-11/h11-12H,2-10H2,1H3. The number of nitrogens with zero attached hydrogens (tertiary/aromatic N) is 2. The fourth-order valence-corrected chi connectivity index (χ4v) is 2.63. The van der Waals surface area contributed by atoms with Crippen LogP contribution in [0.2, 0.25) is 0 Å². The molecule has 1 N–H and O–H groups in total. The summed E-state index contributed by atoms with van der Waals surface area (Å²) in [6, 6.07) is 0.841. The normalized spacial score (nSPS) is 28.9. The Labute approximate surface area is 87.4 Å². The van der Waals surface area contributed by atoms with Crippen LogP contribution in [0.5, 0.6) is 0 Å². The van der Waals surface area contributed by atoms with Gasteiger partial charge in [0.2, 0.25) is 0 Å². The van der Waals surface area contributed by atoms with Crippen molar-refractivity contribution in [2.45, 2.75) is 51.0 Å². The highest BCUT2D eigenvalue weighted by Gasteiger charge is 2.24. The highest BCUT2D eigenvalue weighted by atomic mass is 15.6. The van der Waals surface area contributed by atoms with E-state index in [9.17, 15) is 0 Å². The number of nitrogens with one attached hydrogen (secondary N) is 1. The molecule has 0 aromatic rings. The van der Waals surface area contributed by atoms with Crippen LogP contribution in [0.1, 0.15) is 44.9 Å². The molecule has 1 saturated carbocycles. The fourth-order valence-electron chi connectivity index (χ4n) is 2.63. The van der Waals surface area contributed by atoms with E-state index >= 15 is 0 Å². The number of rotatable bonds is 1. The third-order valence-corrected chi connectivity index (χ3v) is 3.53. The molecule has 0 aromatic carbocycles. The largest absolute Gasteiger partial charge is 0.272 e. The maximum Gasteiger partial charge on any atom is 0.0657 e. The minimum absolute atomic E-state index is 0.841. The summed E-state index contributed by atoms with van der Waals surface area (Å²) in [5.41, 5.74) is 3.36. The fraction of sp³-hybridized carbons (Fsp3) is 1.00. The van der Waals surface area contributed by atoms with Gasteiger partial charge in [-0.2, -0.15) is 0 Å². The predicted molar refractivity (Wildman–Crippen MR) is 58.6 cm³/mol.